The molecule has 0 aliphatic rings. The standard InChI is InChI=1S/C13H24N4S/c1-4-6-12-16-11(14)9-13(17-12)15-10(3)7-8-18-5-2/h9-10H,4-8H2,1-3H3,(H3,14,15,16,17). The topological polar surface area (TPSA) is 63.8 Å². The molecular formula is C13H24N4S. The second-order valence-electron chi connectivity index (χ2n) is 4.38. The van der Waals surface area contributed by atoms with E-state index in [1.807, 2.05) is 17.8 Å². The summed E-state index contributed by atoms with van der Waals surface area (Å²) < 4.78 is 0. The van der Waals surface area contributed by atoms with Gasteiger partial charge in [0.25, 0.3) is 0 Å². The van der Waals surface area contributed by atoms with Crippen LogP contribution < -0.4 is 11.1 Å². The maximum absolute atomic E-state index is 5.79. The molecule has 0 saturated carbocycles. The fourth-order valence-electron chi connectivity index (χ4n) is 1.66. The van der Waals surface area contributed by atoms with Crippen LogP contribution in [0.25, 0.3) is 0 Å². The quantitative estimate of drug-likeness (QED) is 0.710. The summed E-state index contributed by atoms with van der Waals surface area (Å²) in [5, 5.41) is 3.40. The number of nitrogen functional groups attached to an aromatic ring is 1. The first kappa shape index (κ1) is 15.1. The van der Waals surface area contributed by atoms with Gasteiger partial charge < -0.3 is 11.1 Å². The van der Waals surface area contributed by atoms with Crippen molar-refractivity contribution < 1.29 is 0 Å². The number of anilines is 2. The minimum atomic E-state index is 0.410. The van der Waals surface area contributed by atoms with Crippen molar-refractivity contribution in [3.63, 3.8) is 0 Å². The van der Waals surface area contributed by atoms with E-state index >= 15 is 0 Å². The van der Waals surface area contributed by atoms with E-state index in [1.165, 1.54) is 11.5 Å². The molecule has 0 fully saturated rings. The van der Waals surface area contributed by atoms with Crippen LogP contribution in [0.15, 0.2) is 6.07 Å². The first-order chi connectivity index (χ1) is 8.65. The molecule has 1 unspecified atom stereocenters. The zero-order valence-electron chi connectivity index (χ0n) is 11.6. The van der Waals surface area contributed by atoms with Crippen LogP contribution in [0.1, 0.15) is 39.4 Å². The molecule has 0 aromatic carbocycles. The van der Waals surface area contributed by atoms with Gasteiger partial charge in [-0.1, -0.05) is 13.8 Å². The first-order valence-corrected chi connectivity index (χ1v) is 7.78. The molecular weight excluding hydrogens is 244 g/mol. The van der Waals surface area contributed by atoms with Crippen molar-refractivity contribution in [1.29, 1.82) is 0 Å². The largest absolute Gasteiger partial charge is 0.384 e. The highest BCUT2D eigenvalue weighted by atomic mass is 32.2. The Morgan fingerprint density at radius 2 is 2.17 bits per heavy atom. The molecule has 4 nitrogen and oxygen atoms in total. The van der Waals surface area contributed by atoms with Gasteiger partial charge in [-0.3, -0.25) is 0 Å². The van der Waals surface area contributed by atoms with E-state index in [9.17, 15) is 0 Å². The van der Waals surface area contributed by atoms with Crippen molar-refractivity contribution in [1.82, 2.24) is 9.97 Å². The predicted octanol–water partition coefficient (Wildman–Crippen LogP) is 2.95. The third-order valence-corrected chi connectivity index (χ3v) is 3.49. The zero-order valence-corrected chi connectivity index (χ0v) is 12.4. The van der Waals surface area contributed by atoms with Gasteiger partial charge in [0.2, 0.25) is 0 Å². The molecule has 18 heavy (non-hydrogen) atoms. The number of hydrogen-bond acceptors (Lipinski definition) is 5. The van der Waals surface area contributed by atoms with E-state index in [0.29, 0.717) is 11.9 Å². The van der Waals surface area contributed by atoms with Crippen LogP contribution in [0.2, 0.25) is 0 Å². The van der Waals surface area contributed by atoms with E-state index in [2.05, 4.69) is 36.1 Å². The molecule has 5 heteroatoms. The van der Waals surface area contributed by atoms with Crippen molar-refractivity contribution in [2.24, 2.45) is 0 Å². The van der Waals surface area contributed by atoms with E-state index in [4.69, 9.17) is 5.73 Å². The third kappa shape index (κ3) is 5.58. The van der Waals surface area contributed by atoms with Crippen LogP contribution in [0.4, 0.5) is 11.6 Å². The molecule has 0 aliphatic carbocycles. The number of nitrogens with one attached hydrogen (secondary N) is 1. The van der Waals surface area contributed by atoms with E-state index in [0.717, 1.165) is 30.9 Å². The Bertz CT molecular complexity index is 357. The fourth-order valence-corrected chi connectivity index (χ4v) is 2.47. The predicted molar refractivity (Wildman–Crippen MR) is 81.1 cm³/mol. The Labute approximate surface area is 114 Å². The molecule has 1 aromatic heterocycles. The van der Waals surface area contributed by atoms with Crippen LogP contribution in [-0.4, -0.2) is 27.5 Å². The summed E-state index contributed by atoms with van der Waals surface area (Å²) in [5.74, 6) is 4.57. The smallest absolute Gasteiger partial charge is 0.133 e. The Morgan fingerprint density at radius 1 is 1.39 bits per heavy atom. The van der Waals surface area contributed by atoms with Gasteiger partial charge in [-0.05, 0) is 31.3 Å². The number of aryl methyl sites for hydroxylation is 1. The highest BCUT2D eigenvalue weighted by molar-refractivity contribution is 7.99. The van der Waals surface area contributed by atoms with Crippen LogP contribution in [0, 0.1) is 0 Å². The number of hydrogen-bond donors (Lipinski definition) is 2. The van der Waals surface area contributed by atoms with Gasteiger partial charge >= 0.3 is 0 Å². The van der Waals surface area contributed by atoms with E-state index in [-0.39, 0.29) is 0 Å². The van der Waals surface area contributed by atoms with Gasteiger partial charge in [0.1, 0.15) is 17.5 Å². The SMILES string of the molecule is CCCc1nc(N)cc(NC(C)CCSCC)n1. The Balaban J connectivity index is 2.54. The summed E-state index contributed by atoms with van der Waals surface area (Å²) in [6, 6.07) is 2.22. The minimum Gasteiger partial charge on any atom is -0.384 e. The Hall–Kier alpha value is -0.970. The molecule has 0 aliphatic heterocycles. The van der Waals surface area contributed by atoms with Gasteiger partial charge in [0.15, 0.2) is 0 Å². The molecule has 0 spiro atoms. The molecule has 0 amide bonds. The molecule has 0 radical (unpaired) electrons. The number of aromatic nitrogens is 2. The van der Waals surface area contributed by atoms with Crippen molar-refractivity contribution in [3.05, 3.63) is 11.9 Å². The summed E-state index contributed by atoms with van der Waals surface area (Å²) in [6.07, 6.45) is 3.04. The molecule has 0 saturated heterocycles. The second-order valence-corrected chi connectivity index (χ2v) is 5.77. The second kappa shape index (κ2) is 8.19. The van der Waals surface area contributed by atoms with Crippen molar-refractivity contribution in [2.75, 3.05) is 22.6 Å². The zero-order chi connectivity index (χ0) is 13.4. The van der Waals surface area contributed by atoms with Crippen LogP contribution in [0.3, 0.4) is 0 Å². The number of thioether (sulfide) groups is 1. The number of nitrogens with zero attached hydrogens (tertiary/aromatic N) is 2. The lowest BCUT2D eigenvalue weighted by Gasteiger charge is -2.15. The molecule has 1 heterocycles. The van der Waals surface area contributed by atoms with Crippen molar-refractivity contribution in [2.45, 2.75) is 46.1 Å². The summed E-state index contributed by atoms with van der Waals surface area (Å²) in [4.78, 5) is 8.71. The summed E-state index contributed by atoms with van der Waals surface area (Å²) in [6.45, 7) is 6.48. The molecule has 1 rings (SSSR count). The van der Waals surface area contributed by atoms with E-state index in [1.54, 1.807) is 0 Å². The van der Waals surface area contributed by atoms with Gasteiger partial charge in [-0.25, -0.2) is 9.97 Å². The summed E-state index contributed by atoms with van der Waals surface area (Å²) >= 11 is 1.96. The molecule has 3 N–H and O–H groups in total. The van der Waals surface area contributed by atoms with Gasteiger partial charge in [0.05, 0.1) is 0 Å². The van der Waals surface area contributed by atoms with Gasteiger partial charge in [-0.15, -0.1) is 0 Å². The lowest BCUT2D eigenvalue weighted by atomic mass is 10.2. The van der Waals surface area contributed by atoms with E-state index < -0.39 is 0 Å². The lowest BCUT2D eigenvalue weighted by molar-refractivity contribution is 0.759. The third-order valence-electron chi connectivity index (χ3n) is 2.56. The van der Waals surface area contributed by atoms with Gasteiger partial charge in [0, 0.05) is 18.5 Å². The van der Waals surface area contributed by atoms with Gasteiger partial charge in [-0.2, -0.15) is 11.8 Å². The monoisotopic (exact) mass is 268 g/mol. The van der Waals surface area contributed by atoms with Crippen molar-refractivity contribution >= 4 is 23.4 Å². The number of rotatable bonds is 8. The minimum absolute atomic E-state index is 0.410. The summed E-state index contributed by atoms with van der Waals surface area (Å²) in [5.41, 5.74) is 5.79. The van der Waals surface area contributed by atoms with Crippen LogP contribution in [0.5, 0.6) is 0 Å². The lowest BCUT2D eigenvalue weighted by Crippen LogP contribution is -2.18. The maximum atomic E-state index is 5.79. The molecule has 102 valence electrons. The maximum Gasteiger partial charge on any atom is 0.133 e. The highest BCUT2D eigenvalue weighted by Crippen LogP contribution is 2.13. The highest BCUT2D eigenvalue weighted by Gasteiger charge is 2.06. The Kier molecular flexibility index (Phi) is 6.86. The fraction of sp³-hybridized carbons (Fsp3) is 0.692. The summed E-state index contributed by atoms with van der Waals surface area (Å²) in [7, 11) is 0. The molecule has 0 bridgehead atoms. The van der Waals surface area contributed by atoms with Crippen LogP contribution >= 0.6 is 11.8 Å². The van der Waals surface area contributed by atoms with Crippen LogP contribution in [-0.2, 0) is 6.42 Å². The average molecular weight is 268 g/mol. The number of nitrogens with two attached hydrogens (primary N) is 1. The molecule has 1 aromatic rings. The normalized spacial score (nSPS) is 12.4. The first-order valence-electron chi connectivity index (χ1n) is 6.63. The van der Waals surface area contributed by atoms with Crippen molar-refractivity contribution in [3.8, 4) is 0 Å². The average Bonchev–Trinajstić information content (AvgIpc) is 2.28. The molecule has 1 atom stereocenters. The Morgan fingerprint density at radius 3 is 2.83 bits per heavy atom.